The Kier molecular flexibility index (Phi) is 9.30. The van der Waals surface area contributed by atoms with E-state index in [9.17, 15) is 0 Å². The van der Waals surface area contributed by atoms with Crippen molar-refractivity contribution in [3.8, 4) is 0 Å². The maximum Gasteiger partial charge on any atom is 0.00766 e. The number of rotatable bonds is 7. The minimum absolute atomic E-state index is 0. The average molecular weight is 533 g/mol. The van der Waals surface area contributed by atoms with Crippen molar-refractivity contribution < 1.29 is 16.5 Å². The standard InChI is InChI=1S/C29H33P3.Ni/c1-22-23(2)28(29(4,5)24(22)3)21-31(26-17-11-7-12-18-26)32(27-19-13-8-14-20-27)30-25-15-9-6-10-16-25;/h6-20,30H,21H2,1-5H3;. The molecule has 0 radical (unpaired) electrons. The molecule has 0 bridgehead atoms. The molecule has 0 saturated carbocycles. The molecule has 0 saturated heterocycles. The molecule has 0 fully saturated rings. The van der Waals surface area contributed by atoms with Crippen LogP contribution in [0.1, 0.15) is 34.6 Å². The fourth-order valence-electron chi connectivity index (χ4n) is 4.48. The van der Waals surface area contributed by atoms with Crippen molar-refractivity contribution in [3.63, 3.8) is 0 Å². The molecule has 3 aromatic rings. The molecule has 0 aromatic heterocycles. The van der Waals surface area contributed by atoms with Gasteiger partial charge in [-0.05, 0) is 68.9 Å². The molecular formula is C29H33NiP3. The van der Waals surface area contributed by atoms with Gasteiger partial charge in [0.25, 0.3) is 0 Å². The Morgan fingerprint density at radius 1 is 0.667 bits per heavy atom. The first-order valence-corrected chi connectivity index (χ1v) is 16.7. The molecule has 1 aliphatic carbocycles. The summed E-state index contributed by atoms with van der Waals surface area (Å²) in [5.41, 5.74) is 6.38. The SMILES string of the molecule is CC1=C(C)C(C)(C)C(CP(c2ccccc2)P(Pc2ccccc2)c2ccccc2)=C1C.[Ni]. The summed E-state index contributed by atoms with van der Waals surface area (Å²) in [5, 5.41) is 4.56. The van der Waals surface area contributed by atoms with E-state index in [1.165, 1.54) is 27.9 Å². The Balaban J connectivity index is 0.00000306. The molecule has 3 aromatic carbocycles. The van der Waals surface area contributed by atoms with E-state index in [1.54, 1.807) is 16.5 Å². The first-order valence-electron chi connectivity index (χ1n) is 11.3. The van der Waals surface area contributed by atoms with Crippen LogP contribution in [0.15, 0.2) is 113 Å². The molecule has 174 valence electrons. The predicted octanol–water partition coefficient (Wildman–Crippen LogP) is 8.13. The van der Waals surface area contributed by atoms with Gasteiger partial charge in [-0.3, -0.25) is 0 Å². The number of allylic oxidation sites excluding steroid dienone is 4. The number of benzene rings is 3. The van der Waals surface area contributed by atoms with E-state index in [2.05, 4.69) is 126 Å². The van der Waals surface area contributed by atoms with E-state index in [4.69, 9.17) is 0 Å². The predicted molar refractivity (Wildman–Crippen MR) is 150 cm³/mol. The Morgan fingerprint density at radius 2 is 1.15 bits per heavy atom. The van der Waals surface area contributed by atoms with Gasteiger partial charge in [0, 0.05) is 21.9 Å². The third-order valence-corrected chi connectivity index (χ3v) is 19.0. The maximum atomic E-state index is 2.43. The molecule has 0 aliphatic heterocycles. The van der Waals surface area contributed by atoms with Crippen LogP contribution in [0.3, 0.4) is 0 Å². The molecule has 1 aliphatic rings. The van der Waals surface area contributed by atoms with Crippen molar-refractivity contribution in [3.05, 3.63) is 113 Å². The van der Waals surface area contributed by atoms with Crippen LogP contribution in [0.25, 0.3) is 0 Å². The molecule has 0 nitrogen and oxygen atoms in total. The van der Waals surface area contributed by atoms with Gasteiger partial charge in [-0.1, -0.05) is 124 Å². The van der Waals surface area contributed by atoms with Crippen molar-refractivity contribution in [2.45, 2.75) is 34.6 Å². The fourth-order valence-corrected chi connectivity index (χ4v) is 17.4. The second-order valence-corrected chi connectivity index (χ2v) is 18.4. The fraction of sp³-hybridized carbons (Fsp3) is 0.241. The Morgan fingerprint density at radius 3 is 1.64 bits per heavy atom. The Bertz CT molecular complexity index is 1120. The first kappa shape index (κ1) is 26.5. The van der Waals surface area contributed by atoms with Gasteiger partial charge in [-0.25, -0.2) is 0 Å². The first-order chi connectivity index (χ1) is 15.4. The van der Waals surface area contributed by atoms with E-state index in [-0.39, 0.29) is 36.8 Å². The van der Waals surface area contributed by atoms with Crippen molar-refractivity contribution in [2.75, 3.05) is 6.16 Å². The Hall–Kier alpha value is -1.08. The van der Waals surface area contributed by atoms with E-state index in [0.717, 1.165) is 8.27 Å². The molecule has 0 amide bonds. The summed E-state index contributed by atoms with van der Waals surface area (Å²) in [5.74, 6) is 0. The topological polar surface area (TPSA) is 0 Å². The van der Waals surface area contributed by atoms with Crippen LogP contribution in [-0.2, 0) is 16.5 Å². The van der Waals surface area contributed by atoms with E-state index in [1.807, 2.05) is 0 Å². The summed E-state index contributed by atoms with van der Waals surface area (Å²) < 4.78 is 0. The zero-order chi connectivity index (χ0) is 22.7. The van der Waals surface area contributed by atoms with E-state index >= 15 is 0 Å². The minimum Gasteiger partial charge on any atom is -0.0622 e. The molecule has 0 heterocycles. The summed E-state index contributed by atoms with van der Waals surface area (Å²) in [4.78, 5) is 0. The van der Waals surface area contributed by atoms with Crippen molar-refractivity contribution in [1.82, 2.24) is 0 Å². The molecule has 0 N–H and O–H groups in total. The summed E-state index contributed by atoms with van der Waals surface area (Å²) in [7, 11) is 0.123. The van der Waals surface area contributed by atoms with Crippen LogP contribution >= 0.6 is 23.2 Å². The second-order valence-electron chi connectivity index (χ2n) is 9.00. The normalized spacial score (nSPS) is 17.4. The Labute approximate surface area is 214 Å². The van der Waals surface area contributed by atoms with Crippen LogP contribution in [0, 0.1) is 5.41 Å². The van der Waals surface area contributed by atoms with Crippen LogP contribution < -0.4 is 15.9 Å². The molecule has 33 heavy (non-hydrogen) atoms. The quantitative estimate of drug-likeness (QED) is 0.213. The summed E-state index contributed by atoms with van der Waals surface area (Å²) in [6, 6.07) is 33.8. The molecule has 0 spiro atoms. The van der Waals surface area contributed by atoms with Crippen molar-refractivity contribution in [2.24, 2.45) is 5.41 Å². The smallest absolute Gasteiger partial charge is 0.00766 e. The summed E-state index contributed by atoms with van der Waals surface area (Å²) >= 11 is 0. The van der Waals surface area contributed by atoms with Gasteiger partial charge in [0.2, 0.25) is 0 Å². The third-order valence-electron chi connectivity index (χ3n) is 6.88. The summed E-state index contributed by atoms with van der Waals surface area (Å²) in [6.45, 7) is 11.9. The van der Waals surface area contributed by atoms with Crippen molar-refractivity contribution in [1.29, 1.82) is 0 Å². The molecule has 4 heteroatoms. The second kappa shape index (κ2) is 11.6. The van der Waals surface area contributed by atoms with Crippen molar-refractivity contribution >= 4 is 39.1 Å². The summed E-state index contributed by atoms with van der Waals surface area (Å²) in [6.07, 6.45) is 1.19. The number of hydrogen-bond donors (Lipinski definition) is 0. The van der Waals surface area contributed by atoms with Gasteiger partial charge in [-0.2, -0.15) is 0 Å². The van der Waals surface area contributed by atoms with Gasteiger partial charge in [0.1, 0.15) is 0 Å². The minimum atomic E-state index is -0.361. The zero-order valence-corrected chi connectivity index (χ0v) is 23.9. The van der Waals surface area contributed by atoms with Crippen LogP contribution in [0.5, 0.6) is 0 Å². The van der Waals surface area contributed by atoms with Crippen LogP contribution in [0.4, 0.5) is 0 Å². The van der Waals surface area contributed by atoms with Crippen LogP contribution in [-0.4, -0.2) is 6.16 Å². The monoisotopic (exact) mass is 532 g/mol. The van der Waals surface area contributed by atoms with Gasteiger partial charge >= 0.3 is 0 Å². The third kappa shape index (κ3) is 5.78. The van der Waals surface area contributed by atoms with E-state index in [0.29, 0.717) is 0 Å². The van der Waals surface area contributed by atoms with Gasteiger partial charge in [-0.15, -0.1) is 0 Å². The van der Waals surface area contributed by atoms with Crippen LogP contribution in [0.2, 0.25) is 0 Å². The molecular weight excluding hydrogens is 500 g/mol. The van der Waals surface area contributed by atoms with Gasteiger partial charge in [0.15, 0.2) is 0 Å². The molecule has 4 rings (SSSR count). The largest absolute Gasteiger partial charge is 0.0622 e. The van der Waals surface area contributed by atoms with Gasteiger partial charge < -0.3 is 0 Å². The zero-order valence-electron chi connectivity index (χ0n) is 20.1. The molecule has 3 atom stereocenters. The van der Waals surface area contributed by atoms with E-state index < -0.39 is 0 Å². The molecule has 3 unspecified atom stereocenters. The average Bonchev–Trinajstić information content (AvgIpc) is 2.97. The number of hydrogen-bond acceptors (Lipinski definition) is 0. The maximum absolute atomic E-state index is 2.43. The van der Waals surface area contributed by atoms with Gasteiger partial charge in [0.05, 0.1) is 0 Å².